The van der Waals surface area contributed by atoms with Gasteiger partial charge in [-0.25, -0.2) is 14.8 Å². The maximum absolute atomic E-state index is 12.7. The lowest BCUT2D eigenvalue weighted by molar-refractivity contribution is 0.102. The van der Waals surface area contributed by atoms with Gasteiger partial charge in [0.15, 0.2) is 0 Å². The van der Waals surface area contributed by atoms with Crippen molar-refractivity contribution in [3.8, 4) is 0 Å². The number of amides is 1. The van der Waals surface area contributed by atoms with Gasteiger partial charge >= 0.3 is 5.63 Å². The van der Waals surface area contributed by atoms with Gasteiger partial charge in [-0.1, -0.05) is 48.5 Å². The molecule has 8 heteroatoms. The molecule has 0 unspecified atom stereocenters. The average molecular weight is 441 g/mol. The van der Waals surface area contributed by atoms with Crippen molar-refractivity contribution in [3.05, 3.63) is 94.6 Å². The fourth-order valence-electron chi connectivity index (χ4n) is 3.97. The van der Waals surface area contributed by atoms with Gasteiger partial charge < -0.3 is 14.6 Å². The molecule has 8 nitrogen and oxygen atoms in total. The maximum Gasteiger partial charge on any atom is 0.349 e. The highest BCUT2D eigenvalue weighted by atomic mass is 16.4. The van der Waals surface area contributed by atoms with Gasteiger partial charge in [0.25, 0.3) is 5.91 Å². The van der Waals surface area contributed by atoms with E-state index < -0.39 is 11.5 Å². The van der Waals surface area contributed by atoms with Crippen molar-refractivity contribution in [1.29, 1.82) is 0 Å². The van der Waals surface area contributed by atoms with Crippen molar-refractivity contribution in [3.63, 3.8) is 0 Å². The summed E-state index contributed by atoms with van der Waals surface area (Å²) in [6, 6.07) is 20.8. The van der Waals surface area contributed by atoms with Crippen LogP contribution in [0.2, 0.25) is 0 Å². The summed E-state index contributed by atoms with van der Waals surface area (Å²) in [5.41, 5.74) is 0.990. The number of nitrogens with zero attached hydrogens (tertiary/aromatic N) is 4. The predicted molar refractivity (Wildman–Crippen MR) is 126 cm³/mol. The number of carbonyl (C=O) groups excluding carboxylic acids is 1. The maximum atomic E-state index is 12.7. The fourth-order valence-corrected chi connectivity index (χ4v) is 3.97. The van der Waals surface area contributed by atoms with Crippen molar-refractivity contribution in [1.82, 2.24) is 14.9 Å². The van der Waals surface area contributed by atoms with Crippen LogP contribution < -0.4 is 15.8 Å². The minimum atomic E-state index is -0.685. The van der Waals surface area contributed by atoms with Gasteiger partial charge in [-0.2, -0.15) is 0 Å². The van der Waals surface area contributed by atoms with E-state index in [1.165, 1.54) is 18.0 Å². The Morgan fingerprint density at radius 2 is 1.70 bits per heavy atom. The Morgan fingerprint density at radius 3 is 2.52 bits per heavy atom. The van der Waals surface area contributed by atoms with Crippen molar-refractivity contribution in [2.75, 3.05) is 36.4 Å². The van der Waals surface area contributed by atoms with Crippen LogP contribution in [-0.4, -0.2) is 47.0 Å². The van der Waals surface area contributed by atoms with Crippen molar-refractivity contribution >= 4 is 28.5 Å². The summed E-state index contributed by atoms with van der Waals surface area (Å²) >= 11 is 0. The van der Waals surface area contributed by atoms with Crippen LogP contribution in [0, 0.1) is 0 Å². The summed E-state index contributed by atoms with van der Waals surface area (Å²) in [5, 5.41) is 3.38. The van der Waals surface area contributed by atoms with E-state index in [9.17, 15) is 9.59 Å². The van der Waals surface area contributed by atoms with E-state index in [2.05, 4.69) is 49.4 Å². The van der Waals surface area contributed by atoms with Crippen LogP contribution in [-0.2, 0) is 6.54 Å². The van der Waals surface area contributed by atoms with Crippen molar-refractivity contribution in [2.24, 2.45) is 0 Å². The molecular formula is C25H23N5O3. The number of rotatable bonds is 5. The van der Waals surface area contributed by atoms with E-state index in [1.807, 2.05) is 12.1 Å². The van der Waals surface area contributed by atoms with E-state index in [-0.39, 0.29) is 5.56 Å². The third-order valence-corrected chi connectivity index (χ3v) is 5.73. The van der Waals surface area contributed by atoms with Crippen LogP contribution in [0.1, 0.15) is 15.9 Å². The minimum Gasteiger partial charge on any atom is -0.422 e. The molecule has 0 saturated carbocycles. The Labute approximate surface area is 190 Å². The molecule has 2 aromatic carbocycles. The predicted octanol–water partition coefficient (Wildman–Crippen LogP) is 3.16. The number of carbonyl (C=O) groups is 1. The van der Waals surface area contributed by atoms with Gasteiger partial charge in [0.2, 0.25) is 0 Å². The molecule has 0 atom stereocenters. The molecule has 1 aliphatic heterocycles. The average Bonchev–Trinajstić information content (AvgIpc) is 2.85. The van der Waals surface area contributed by atoms with E-state index >= 15 is 0 Å². The fraction of sp³-hybridized carbons (Fsp3) is 0.200. The third kappa shape index (κ3) is 4.75. The molecule has 0 spiro atoms. The van der Waals surface area contributed by atoms with Crippen LogP contribution >= 0.6 is 0 Å². The molecule has 1 saturated heterocycles. The molecule has 0 radical (unpaired) electrons. The van der Waals surface area contributed by atoms with Gasteiger partial charge in [0.05, 0.1) is 0 Å². The number of nitrogens with one attached hydrogen (secondary N) is 1. The first kappa shape index (κ1) is 20.8. The number of benzene rings is 2. The number of fused-ring (bicyclic) bond motifs is 1. The van der Waals surface area contributed by atoms with Crippen LogP contribution in [0.5, 0.6) is 0 Å². The van der Waals surface area contributed by atoms with Crippen LogP contribution in [0.4, 0.5) is 11.6 Å². The Kier molecular flexibility index (Phi) is 5.82. The molecule has 3 heterocycles. The zero-order valence-electron chi connectivity index (χ0n) is 18.0. The molecular weight excluding hydrogens is 418 g/mol. The molecule has 5 rings (SSSR count). The first-order valence-corrected chi connectivity index (χ1v) is 10.8. The van der Waals surface area contributed by atoms with Crippen LogP contribution in [0.25, 0.3) is 11.0 Å². The zero-order valence-corrected chi connectivity index (χ0v) is 18.0. The Hall–Kier alpha value is -4.04. The molecule has 33 heavy (non-hydrogen) atoms. The molecule has 1 N–H and O–H groups in total. The lowest BCUT2D eigenvalue weighted by Crippen LogP contribution is -2.46. The molecule has 0 bridgehead atoms. The number of piperazine rings is 1. The van der Waals surface area contributed by atoms with E-state index in [0.717, 1.165) is 38.5 Å². The molecule has 1 amide bonds. The largest absolute Gasteiger partial charge is 0.422 e. The third-order valence-electron chi connectivity index (χ3n) is 5.73. The summed E-state index contributed by atoms with van der Waals surface area (Å²) in [6.07, 6.45) is 1.42. The standard InChI is InChI=1S/C25H23N5O3/c31-24(20-14-19-8-4-5-9-21(19)33-25(20)32)28-22-15-23(27-17-26-22)30-12-10-29(11-13-30)16-18-6-2-1-3-7-18/h1-9,14-15,17H,10-13,16H2,(H,26,27,28,31). The summed E-state index contributed by atoms with van der Waals surface area (Å²) < 4.78 is 5.26. The second-order valence-electron chi connectivity index (χ2n) is 7.95. The normalized spacial score (nSPS) is 14.4. The smallest absolute Gasteiger partial charge is 0.349 e. The second kappa shape index (κ2) is 9.22. The van der Waals surface area contributed by atoms with Crippen molar-refractivity contribution in [2.45, 2.75) is 6.54 Å². The van der Waals surface area contributed by atoms with Gasteiger partial charge in [-0.15, -0.1) is 0 Å². The zero-order chi connectivity index (χ0) is 22.6. The lowest BCUT2D eigenvalue weighted by atomic mass is 10.2. The first-order valence-electron chi connectivity index (χ1n) is 10.8. The molecule has 1 fully saturated rings. The number of hydrogen-bond acceptors (Lipinski definition) is 7. The second-order valence-corrected chi connectivity index (χ2v) is 7.95. The van der Waals surface area contributed by atoms with Gasteiger partial charge in [0, 0.05) is 44.2 Å². The quantitative estimate of drug-likeness (QED) is 0.476. The molecule has 166 valence electrons. The summed E-state index contributed by atoms with van der Waals surface area (Å²) in [6.45, 7) is 4.41. The minimum absolute atomic E-state index is 0.0663. The Bertz CT molecular complexity index is 1330. The molecule has 4 aromatic rings. The number of para-hydroxylation sites is 1. The number of hydrogen-bond donors (Lipinski definition) is 1. The first-order chi connectivity index (χ1) is 16.2. The highest BCUT2D eigenvalue weighted by molar-refractivity contribution is 6.05. The number of anilines is 2. The monoisotopic (exact) mass is 441 g/mol. The van der Waals surface area contributed by atoms with Gasteiger partial charge in [-0.3, -0.25) is 9.69 Å². The van der Waals surface area contributed by atoms with Crippen LogP contribution in [0.3, 0.4) is 0 Å². The van der Waals surface area contributed by atoms with E-state index in [4.69, 9.17) is 4.42 Å². The van der Waals surface area contributed by atoms with E-state index in [0.29, 0.717) is 16.8 Å². The summed E-state index contributed by atoms with van der Waals surface area (Å²) in [5.74, 6) is 0.515. The van der Waals surface area contributed by atoms with Crippen molar-refractivity contribution < 1.29 is 9.21 Å². The molecule has 1 aliphatic rings. The summed E-state index contributed by atoms with van der Waals surface area (Å²) in [7, 11) is 0. The Morgan fingerprint density at radius 1 is 0.939 bits per heavy atom. The highest BCUT2D eigenvalue weighted by Gasteiger charge is 2.20. The SMILES string of the molecule is O=C(Nc1cc(N2CCN(Cc3ccccc3)CC2)ncn1)c1cc2ccccc2oc1=O. The highest BCUT2D eigenvalue weighted by Crippen LogP contribution is 2.18. The lowest BCUT2D eigenvalue weighted by Gasteiger charge is -2.35. The number of aromatic nitrogens is 2. The van der Waals surface area contributed by atoms with Crippen LogP contribution in [0.15, 0.2) is 82.3 Å². The van der Waals surface area contributed by atoms with Gasteiger partial charge in [0.1, 0.15) is 29.1 Å². The summed E-state index contributed by atoms with van der Waals surface area (Å²) in [4.78, 5) is 38.1. The molecule has 0 aliphatic carbocycles. The Balaban J connectivity index is 1.25. The van der Waals surface area contributed by atoms with E-state index in [1.54, 1.807) is 24.3 Å². The van der Waals surface area contributed by atoms with Gasteiger partial charge in [-0.05, 0) is 17.7 Å². The topological polar surface area (TPSA) is 91.6 Å². The molecule has 2 aromatic heterocycles.